The van der Waals surface area contributed by atoms with Crippen molar-refractivity contribution in [3.8, 4) is 0 Å². The quantitative estimate of drug-likeness (QED) is 0.562. The van der Waals surface area contributed by atoms with E-state index in [0.29, 0.717) is 0 Å². The number of aromatic nitrogens is 1. The molecule has 1 aromatic heterocycles. The van der Waals surface area contributed by atoms with Gasteiger partial charge in [-0.25, -0.2) is 9.78 Å². The summed E-state index contributed by atoms with van der Waals surface area (Å²) >= 11 is 5.70. The van der Waals surface area contributed by atoms with E-state index in [0.717, 1.165) is 6.07 Å². The third-order valence-corrected chi connectivity index (χ3v) is 2.20. The minimum absolute atomic E-state index is 0.133. The Hall–Kier alpha value is -1.95. The second-order valence-electron chi connectivity index (χ2n) is 3.10. The topological polar surface area (TPSA) is 86.2 Å². The molecule has 1 aromatic carbocycles. The SMILES string of the molecule is Cc1nc2cc(Cl)cc([N+](=O)[O-])c2c(=O)o1. The Morgan fingerprint density at radius 2 is 2.19 bits per heavy atom. The Bertz CT molecular complexity index is 644. The number of halogens is 1. The molecule has 0 saturated carbocycles. The Balaban J connectivity index is 3.01. The highest BCUT2D eigenvalue weighted by Gasteiger charge is 2.19. The van der Waals surface area contributed by atoms with Crippen LogP contribution < -0.4 is 5.63 Å². The standard InChI is InChI=1S/C9H5ClN2O4/c1-4-11-6-2-5(10)3-7(12(14)15)8(6)9(13)16-4/h2-3H,1H3. The monoisotopic (exact) mass is 240 g/mol. The Morgan fingerprint density at radius 1 is 1.50 bits per heavy atom. The minimum Gasteiger partial charge on any atom is -0.408 e. The maximum absolute atomic E-state index is 11.5. The molecule has 0 bridgehead atoms. The predicted molar refractivity (Wildman–Crippen MR) is 56.7 cm³/mol. The normalized spacial score (nSPS) is 10.6. The summed E-state index contributed by atoms with van der Waals surface area (Å²) in [7, 11) is 0. The molecule has 0 atom stereocenters. The molecule has 0 fully saturated rings. The number of nitro benzene ring substituents is 1. The summed E-state index contributed by atoms with van der Waals surface area (Å²) < 4.78 is 4.71. The van der Waals surface area contributed by atoms with Crippen molar-refractivity contribution in [1.29, 1.82) is 0 Å². The van der Waals surface area contributed by atoms with E-state index in [-0.39, 0.29) is 21.8 Å². The van der Waals surface area contributed by atoms with Crippen LogP contribution in [0.1, 0.15) is 5.89 Å². The highest BCUT2D eigenvalue weighted by molar-refractivity contribution is 6.31. The van der Waals surface area contributed by atoms with Crippen LogP contribution in [-0.2, 0) is 0 Å². The predicted octanol–water partition coefficient (Wildman–Crippen LogP) is 2.06. The first-order chi connectivity index (χ1) is 7.49. The van der Waals surface area contributed by atoms with Crippen molar-refractivity contribution in [2.45, 2.75) is 6.92 Å². The van der Waals surface area contributed by atoms with Gasteiger partial charge in [-0.1, -0.05) is 11.6 Å². The van der Waals surface area contributed by atoms with Crippen LogP contribution in [0.2, 0.25) is 5.02 Å². The van der Waals surface area contributed by atoms with Gasteiger partial charge in [-0.2, -0.15) is 0 Å². The van der Waals surface area contributed by atoms with Gasteiger partial charge in [-0.05, 0) is 6.07 Å². The van der Waals surface area contributed by atoms with Gasteiger partial charge in [0.1, 0.15) is 0 Å². The van der Waals surface area contributed by atoms with Crippen molar-refractivity contribution in [3.05, 3.63) is 43.6 Å². The fraction of sp³-hybridized carbons (Fsp3) is 0.111. The summed E-state index contributed by atoms with van der Waals surface area (Å²) in [6.07, 6.45) is 0. The lowest BCUT2D eigenvalue weighted by molar-refractivity contribution is -0.383. The first kappa shape index (κ1) is 10.6. The highest BCUT2D eigenvalue weighted by Crippen LogP contribution is 2.26. The first-order valence-electron chi connectivity index (χ1n) is 4.24. The van der Waals surface area contributed by atoms with Crippen LogP contribution in [0.25, 0.3) is 10.9 Å². The van der Waals surface area contributed by atoms with Gasteiger partial charge in [0.2, 0.25) is 0 Å². The Morgan fingerprint density at radius 3 is 2.81 bits per heavy atom. The molecule has 2 rings (SSSR count). The number of rotatable bonds is 1. The second-order valence-corrected chi connectivity index (χ2v) is 3.53. The van der Waals surface area contributed by atoms with Crippen molar-refractivity contribution < 1.29 is 9.34 Å². The smallest absolute Gasteiger partial charge is 0.353 e. The van der Waals surface area contributed by atoms with E-state index in [1.807, 2.05) is 0 Å². The maximum atomic E-state index is 11.5. The second kappa shape index (κ2) is 3.57. The Kier molecular flexibility index (Phi) is 2.35. The molecule has 0 radical (unpaired) electrons. The summed E-state index contributed by atoms with van der Waals surface area (Å²) in [5, 5.41) is 10.7. The van der Waals surface area contributed by atoms with Crippen molar-refractivity contribution in [1.82, 2.24) is 4.98 Å². The average Bonchev–Trinajstić information content (AvgIpc) is 2.14. The van der Waals surface area contributed by atoms with E-state index in [4.69, 9.17) is 16.0 Å². The van der Waals surface area contributed by atoms with Gasteiger partial charge in [0.15, 0.2) is 11.3 Å². The number of aryl methyl sites for hydroxylation is 1. The van der Waals surface area contributed by atoms with Crippen LogP contribution in [0.5, 0.6) is 0 Å². The van der Waals surface area contributed by atoms with Gasteiger partial charge >= 0.3 is 5.63 Å². The van der Waals surface area contributed by atoms with Gasteiger partial charge in [-0.15, -0.1) is 0 Å². The molecule has 1 heterocycles. The van der Waals surface area contributed by atoms with E-state index in [1.54, 1.807) is 0 Å². The average molecular weight is 241 g/mol. The third-order valence-electron chi connectivity index (χ3n) is 1.98. The zero-order valence-corrected chi connectivity index (χ0v) is 8.82. The number of benzene rings is 1. The molecule has 0 spiro atoms. The fourth-order valence-corrected chi connectivity index (χ4v) is 1.60. The summed E-state index contributed by atoms with van der Waals surface area (Å²) in [5.74, 6) is 0.133. The van der Waals surface area contributed by atoms with Crippen LogP contribution in [0.4, 0.5) is 5.69 Å². The molecular weight excluding hydrogens is 236 g/mol. The summed E-state index contributed by atoms with van der Waals surface area (Å²) in [6.45, 7) is 1.48. The summed E-state index contributed by atoms with van der Waals surface area (Å²) in [4.78, 5) is 25.4. The minimum atomic E-state index is -0.786. The van der Waals surface area contributed by atoms with Gasteiger partial charge in [-0.3, -0.25) is 10.1 Å². The molecule has 16 heavy (non-hydrogen) atoms. The maximum Gasteiger partial charge on any atom is 0.353 e. The third kappa shape index (κ3) is 1.63. The van der Waals surface area contributed by atoms with Crippen molar-refractivity contribution in [3.63, 3.8) is 0 Å². The zero-order chi connectivity index (χ0) is 11.9. The van der Waals surface area contributed by atoms with Crippen LogP contribution in [-0.4, -0.2) is 9.91 Å². The lowest BCUT2D eigenvalue weighted by atomic mass is 10.2. The number of hydrogen-bond donors (Lipinski definition) is 0. The lowest BCUT2D eigenvalue weighted by Gasteiger charge is -1.99. The molecule has 0 aliphatic carbocycles. The number of nitrogens with zero attached hydrogens (tertiary/aromatic N) is 2. The van der Waals surface area contributed by atoms with Gasteiger partial charge < -0.3 is 4.42 Å². The largest absolute Gasteiger partial charge is 0.408 e. The van der Waals surface area contributed by atoms with E-state index in [1.165, 1.54) is 13.0 Å². The Labute approximate surface area is 93.6 Å². The van der Waals surface area contributed by atoms with E-state index < -0.39 is 16.2 Å². The first-order valence-corrected chi connectivity index (χ1v) is 4.62. The van der Waals surface area contributed by atoms with E-state index in [9.17, 15) is 14.9 Å². The molecule has 0 amide bonds. The number of non-ortho nitro benzene ring substituents is 1. The van der Waals surface area contributed by atoms with Crippen LogP contribution >= 0.6 is 11.6 Å². The molecule has 82 valence electrons. The number of nitro groups is 1. The van der Waals surface area contributed by atoms with Gasteiger partial charge in [0.05, 0.1) is 10.4 Å². The van der Waals surface area contributed by atoms with Gasteiger partial charge in [0.25, 0.3) is 5.69 Å². The van der Waals surface area contributed by atoms with Crippen LogP contribution in [0.15, 0.2) is 21.3 Å². The zero-order valence-electron chi connectivity index (χ0n) is 8.06. The van der Waals surface area contributed by atoms with Crippen molar-refractivity contribution >= 4 is 28.2 Å². The van der Waals surface area contributed by atoms with Gasteiger partial charge in [0, 0.05) is 18.0 Å². The number of hydrogen-bond acceptors (Lipinski definition) is 5. The fourth-order valence-electron chi connectivity index (χ4n) is 1.40. The molecule has 0 N–H and O–H groups in total. The molecule has 2 aromatic rings. The van der Waals surface area contributed by atoms with E-state index in [2.05, 4.69) is 4.98 Å². The van der Waals surface area contributed by atoms with Crippen molar-refractivity contribution in [2.75, 3.05) is 0 Å². The molecule has 0 unspecified atom stereocenters. The highest BCUT2D eigenvalue weighted by atomic mass is 35.5. The molecule has 0 aliphatic heterocycles. The van der Waals surface area contributed by atoms with Crippen LogP contribution in [0, 0.1) is 17.0 Å². The molecular formula is C9H5ClN2O4. The summed E-state index contributed by atoms with van der Waals surface area (Å²) in [5.41, 5.74) is -1.03. The molecule has 7 heteroatoms. The lowest BCUT2D eigenvalue weighted by Crippen LogP contribution is -2.06. The molecule has 6 nitrogen and oxygen atoms in total. The van der Waals surface area contributed by atoms with E-state index >= 15 is 0 Å². The van der Waals surface area contributed by atoms with Crippen molar-refractivity contribution in [2.24, 2.45) is 0 Å². The summed E-state index contributed by atoms with van der Waals surface area (Å²) in [6, 6.07) is 2.48. The van der Waals surface area contributed by atoms with Crippen LogP contribution in [0.3, 0.4) is 0 Å². The molecule has 0 saturated heterocycles. The number of fused-ring (bicyclic) bond motifs is 1. The molecule has 0 aliphatic rings.